The third kappa shape index (κ3) is 5.54. The van der Waals surface area contributed by atoms with Crippen LogP contribution in [0.25, 0.3) is 0 Å². The molecule has 0 aliphatic heterocycles. The zero-order valence-electron chi connectivity index (χ0n) is 9.54. The normalized spacial score (nSPS) is 15.3. The Morgan fingerprint density at radius 1 is 1.40 bits per heavy atom. The van der Waals surface area contributed by atoms with Gasteiger partial charge in [0.25, 0.3) is 0 Å². The van der Waals surface area contributed by atoms with E-state index in [2.05, 4.69) is 11.0 Å². The number of carbonyl (C=O) groups is 1. The number of ketones is 1. The molecule has 0 aromatic carbocycles. The first-order valence-electron chi connectivity index (χ1n) is 5.84. The van der Waals surface area contributed by atoms with Crippen LogP contribution in [0.1, 0.15) is 45.4 Å². The summed E-state index contributed by atoms with van der Waals surface area (Å²) < 4.78 is 0. The maximum atomic E-state index is 10.8. The molecule has 0 atom stereocenters. The maximum Gasteiger partial charge on any atom is 0.129 e. The highest BCUT2D eigenvalue weighted by molar-refractivity contribution is 5.75. The molecule has 1 saturated carbocycles. The molecule has 1 aliphatic carbocycles. The van der Waals surface area contributed by atoms with Gasteiger partial charge in [-0.25, -0.2) is 0 Å². The van der Waals surface area contributed by atoms with Crippen LogP contribution in [0.2, 0.25) is 0 Å². The monoisotopic (exact) mass is 208 g/mol. The molecule has 0 unspecified atom stereocenters. The van der Waals surface area contributed by atoms with Crippen molar-refractivity contribution in [1.82, 2.24) is 4.90 Å². The number of carbonyl (C=O) groups excluding carboxylic acids is 1. The van der Waals surface area contributed by atoms with Crippen molar-refractivity contribution < 1.29 is 4.79 Å². The Hall–Kier alpha value is -0.880. The molecular weight excluding hydrogens is 188 g/mol. The molecular formula is C12H20N2O. The number of hydrogen-bond donors (Lipinski definition) is 0. The van der Waals surface area contributed by atoms with E-state index in [1.807, 2.05) is 0 Å². The first kappa shape index (κ1) is 12.2. The van der Waals surface area contributed by atoms with Crippen LogP contribution < -0.4 is 0 Å². The number of nitriles is 1. The highest BCUT2D eigenvalue weighted by atomic mass is 16.1. The van der Waals surface area contributed by atoms with Crippen molar-refractivity contribution in [2.45, 2.75) is 51.5 Å². The van der Waals surface area contributed by atoms with Crippen LogP contribution in [0.4, 0.5) is 0 Å². The minimum absolute atomic E-state index is 0.282. The van der Waals surface area contributed by atoms with Crippen molar-refractivity contribution in [2.75, 3.05) is 13.1 Å². The lowest BCUT2D eigenvalue weighted by atomic mass is 10.2. The molecule has 3 nitrogen and oxygen atoms in total. The zero-order valence-corrected chi connectivity index (χ0v) is 9.54. The number of rotatable bonds is 8. The van der Waals surface area contributed by atoms with Crippen molar-refractivity contribution in [3.8, 4) is 6.07 Å². The Bertz CT molecular complexity index is 240. The van der Waals surface area contributed by atoms with Gasteiger partial charge in [-0.15, -0.1) is 0 Å². The predicted octanol–water partition coefficient (Wildman–Crippen LogP) is 2.12. The van der Waals surface area contributed by atoms with Gasteiger partial charge in [-0.2, -0.15) is 5.26 Å². The molecule has 0 radical (unpaired) electrons. The molecule has 0 aromatic rings. The lowest BCUT2D eigenvalue weighted by molar-refractivity contribution is -0.117. The molecule has 1 rings (SSSR count). The van der Waals surface area contributed by atoms with Crippen LogP contribution >= 0.6 is 0 Å². The molecule has 84 valence electrons. The summed E-state index contributed by atoms with van der Waals surface area (Å²) in [6, 6.07) is 2.93. The Labute approximate surface area is 92.1 Å². The molecule has 0 amide bonds. The van der Waals surface area contributed by atoms with Crippen LogP contribution in [0.3, 0.4) is 0 Å². The zero-order chi connectivity index (χ0) is 11.1. The van der Waals surface area contributed by atoms with Gasteiger partial charge in [0.15, 0.2) is 0 Å². The molecule has 1 fully saturated rings. The second-order valence-electron chi connectivity index (χ2n) is 4.33. The van der Waals surface area contributed by atoms with E-state index in [0.717, 1.165) is 32.0 Å². The van der Waals surface area contributed by atoms with E-state index < -0.39 is 0 Å². The summed E-state index contributed by atoms with van der Waals surface area (Å²) in [6.07, 6.45) is 5.99. The van der Waals surface area contributed by atoms with Gasteiger partial charge in [-0.05, 0) is 39.2 Å². The highest BCUT2D eigenvalue weighted by Crippen LogP contribution is 2.27. The van der Waals surface area contributed by atoms with Crippen molar-refractivity contribution in [2.24, 2.45) is 0 Å². The van der Waals surface area contributed by atoms with Gasteiger partial charge in [0.2, 0.25) is 0 Å². The second-order valence-corrected chi connectivity index (χ2v) is 4.33. The van der Waals surface area contributed by atoms with Crippen molar-refractivity contribution in [1.29, 1.82) is 5.26 Å². The van der Waals surface area contributed by atoms with Gasteiger partial charge in [0.1, 0.15) is 5.78 Å². The third-order valence-electron chi connectivity index (χ3n) is 2.80. The van der Waals surface area contributed by atoms with Crippen LogP contribution in [-0.4, -0.2) is 29.8 Å². The van der Waals surface area contributed by atoms with E-state index in [1.54, 1.807) is 6.92 Å². The second kappa shape index (κ2) is 6.58. The van der Waals surface area contributed by atoms with E-state index in [1.165, 1.54) is 12.8 Å². The topological polar surface area (TPSA) is 44.1 Å². The third-order valence-corrected chi connectivity index (χ3v) is 2.80. The minimum atomic E-state index is 0.282. The van der Waals surface area contributed by atoms with E-state index in [-0.39, 0.29) is 5.78 Å². The minimum Gasteiger partial charge on any atom is -0.300 e. The smallest absolute Gasteiger partial charge is 0.129 e. The van der Waals surface area contributed by atoms with Crippen LogP contribution in [0.15, 0.2) is 0 Å². The van der Waals surface area contributed by atoms with Crippen LogP contribution in [0.5, 0.6) is 0 Å². The SMILES string of the molecule is CC(=O)CCCCN(CCC#N)C1CC1. The average molecular weight is 208 g/mol. The number of hydrogen-bond acceptors (Lipinski definition) is 3. The molecule has 15 heavy (non-hydrogen) atoms. The van der Waals surface area contributed by atoms with Crippen molar-refractivity contribution in [3.63, 3.8) is 0 Å². The van der Waals surface area contributed by atoms with E-state index >= 15 is 0 Å². The molecule has 0 aromatic heterocycles. The molecule has 0 heterocycles. The quantitative estimate of drug-likeness (QED) is 0.574. The van der Waals surface area contributed by atoms with Gasteiger partial charge < -0.3 is 4.79 Å². The van der Waals surface area contributed by atoms with Gasteiger partial charge >= 0.3 is 0 Å². The molecule has 1 aliphatic rings. The van der Waals surface area contributed by atoms with Crippen LogP contribution in [0, 0.1) is 11.3 Å². The summed E-state index contributed by atoms with van der Waals surface area (Å²) in [6.45, 7) is 3.61. The molecule has 3 heteroatoms. The van der Waals surface area contributed by atoms with Crippen molar-refractivity contribution >= 4 is 5.78 Å². The molecule has 0 spiro atoms. The van der Waals surface area contributed by atoms with Crippen LogP contribution in [-0.2, 0) is 4.79 Å². The maximum absolute atomic E-state index is 10.8. The average Bonchev–Trinajstić information content (AvgIpc) is 3.00. The lowest BCUT2D eigenvalue weighted by Gasteiger charge is -2.20. The fourth-order valence-electron chi connectivity index (χ4n) is 1.80. The summed E-state index contributed by atoms with van der Waals surface area (Å²) in [4.78, 5) is 13.2. The Balaban J connectivity index is 2.09. The Morgan fingerprint density at radius 3 is 2.67 bits per heavy atom. The largest absolute Gasteiger partial charge is 0.300 e. The van der Waals surface area contributed by atoms with Gasteiger partial charge in [-0.1, -0.05) is 0 Å². The summed E-state index contributed by atoms with van der Waals surface area (Å²) >= 11 is 0. The fraction of sp³-hybridized carbons (Fsp3) is 0.833. The van der Waals surface area contributed by atoms with Gasteiger partial charge in [-0.3, -0.25) is 4.90 Å². The summed E-state index contributed by atoms with van der Waals surface area (Å²) in [5, 5.41) is 8.54. The molecule has 0 N–H and O–H groups in total. The number of Topliss-reactive ketones (excluding diaryl/α,β-unsaturated/α-hetero) is 1. The van der Waals surface area contributed by atoms with E-state index in [9.17, 15) is 4.79 Å². The van der Waals surface area contributed by atoms with E-state index in [0.29, 0.717) is 12.8 Å². The van der Waals surface area contributed by atoms with Crippen molar-refractivity contribution in [3.05, 3.63) is 0 Å². The first-order valence-corrected chi connectivity index (χ1v) is 5.84. The summed E-state index contributed by atoms with van der Waals surface area (Å²) in [5.74, 6) is 0.282. The van der Waals surface area contributed by atoms with Gasteiger partial charge in [0.05, 0.1) is 6.07 Å². The standard InChI is InChI=1S/C12H20N2O/c1-11(15)5-2-3-9-14(10-4-8-13)12-6-7-12/h12H,2-7,9-10H2,1H3. The fourth-order valence-corrected chi connectivity index (χ4v) is 1.80. The lowest BCUT2D eigenvalue weighted by Crippen LogP contribution is -2.28. The van der Waals surface area contributed by atoms with E-state index in [4.69, 9.17) is 5.26 Å². The Kier molecular flexibility index (Phi) is 5.34. The number of unbranched alkanes of at least 4 members (excludes halogenated alkanes) is 1. The summed E-state index contributed by atoms with van der Waals surface area (Å²) in [7, 11) is 0. The molecule has 0 saturated heterocycles. The predicted molar refractivity (Wildman–Crippen MR) is 59.4 cm³/mol. The first-order chi connectivity index (χ1) is 7.24. The summed E-state index contributed by atoms with van der Waals surface area (Å²) in [5.41, 5.74) is 0. The van der Waals surface area contributed by atoms with Gasteiger partial charge in [0, 0.05) is 25.4 Å². The Morgan fingerprint density at radius 2 is 2.13 bits per heavy atom. The highest BCUT2D eigenvalue weighted by Gasteiger charge is 2.27. The number of nitrogens with zero attached hydrogens (tertiary/aromatic N) is 2. The molecule has 0 bridgehead atoms.